The monoisotopic (exact) mass is 521 g/mol. The Morgan fingerprint density at radius 2 is 1.80 bits per heavy atom. The first-order valence-electron chi connectivity index (χ1n) is 10.3. The molecule has 6 nitrogen and oxygen atoms in total. The van der Waals surface area contributed by atoms with Crippen LogP contribution in [0.15, 0.2) is 59.6 Å². The minimum Gasteiger partial charge on any atom is -0.372 e. The first-order valence-corrected chi connectivity index (χ1v) is 10.3. The molecule has 0 bridgehead atoms. The third-order valence-electron chi connectivity index (χ3n) is 5.17. The molecular weight excluding hydrogens is 489 g/mol. The molecule has 0 aliphatic carbocycles. The Morgan fingerprint density at radius 3 is 2.50 bits per heavy atom. The molecule has 7 heteroatoms. The van der Waals surface area contributed by atoms with Crippen LogP contribution in [0.3, 0.4) is 0 Å². The summed E-state index contributed by atoms with van der Waals surface area (Å²) >= 11 is 0. The van der Waals surface area contributed by atoms with Gasteiger partial charge in [-0.3, -0.25) is 9.79 Å². The van der Waals surface area contributed by atoms with Crippen LogP contribution in [0.25, 0.3) is 0 Å². The Labute approximate surface area is 196 Å². The highest BCUT2D eigenvalue weighted by Gasteiger charge is 2.14. The lowest BCUT2D eigenvalue weighted by Gasteiger charge is -2.22. The van der Waals surface area contributed by atoms with Crippen molar-refractivity contribution in [3.05, 3.63) is 65.7 Å². The summed E-state index contributed by atoms with van der Waals surface area (Å²) in [6.07, 6.45) is 2.53. The maximum absolute atomic E-state index is 12.1. The van der Waals surface area contributed by atoms with Crippen molar-refractivity contribution >= 4 is 41.5 Å². The fourth-order valence-corrected chi connectivity index (χ4v) is 3.47. The minimum atomic E-state index is -0.0690. The van der Waals surface area contributed by atoms with E-state index in [4.69, 9.17) is 0 Å². The van der Waals surface area contributed by atoms with Gasteiger partial charge < -0.3 is 20.9 Å². The zero-order valence-corrected chi connectivity index (χ0v) is 20.1. The van der Waals surface area contributed by atoms with Crippen LogP contribution in [0.1, 0.15) is 36.9 Å². The molecule has 162 valence electrons. The fourth-order valence-electron chi connectivity index (χ4n) is 3.47. The number of benzene rings is 2. The highest BCUT2D eigenvalue weighted by Crippen LogP contribution is 2.23. The van der Waals surface area contributed by atoms with Gasteiger partial charge in [-0.15, -0.1) is 24.0 Å². The molecule has 1 saturated heterocycles. The molecular formula is C23H32IN5O. The van der Waals surface area contributed by atoms with Crippen molar-refractivity contribution in [1.29, 1.82) is 0 Å². The van der Waals surface area contributed by atoms with Gasteiger partial charge in [0.15, 0.2) is 5.96 Å². The van der Waals surface area contributed by atoms with Gasteiger partial charge in [0.25, 0.3) is 0 Å². The zero-order valence-electron chi connectivity index (χ0n) is 17.7. The number of hydrogen-bond donors (Lipinski definition) is 3. The van der Waals surface area contributed by atoms with Gasteiger partial charge in [-0.05, 0) is 43.0 Å². The molecule has 1 atom stereocenters. The second-order valence-electron chi connectivity index (χ2n) is 7.34. The Balaban J connectivity index is 0.00000320. The van der Waals surface area contributed by atoms with Crippen molar-refractivity contribution in [2.45, 2.75) is 32.4 Å². The van der Waals surface area contributed by atoms with Crippen LogP contribution in [0, 0.1) is 0 Å². The lowest BCUT2D eigenvalue weighted by molar-refractivity contribution is -0.120. The minimum absolute atomic E-state index is 0. The summed E-state index contributed by atoms with van der Waals surface area (Å²) in [6, 6.07) is 18.6. The second kappa shape index (κ2) is 12.4. The summed E-state index contributed by atoms with van der Waals surface area (Å²) in [6.45, 7) is 5.06. The molecule has 2 aromatic carbocycles. The first-order chi connectivity index (χ1) is 14.2. The fraction of sp³-hybridized carbons (Fsp3) is 0.391. The number of anilines is 1. The van der Waals surface area contributed by atoms with Crippen LogP contribution in [-0.4, -0.2) is 38.5 Å². The molecule has 1 fully saturated rings. The molecule has 0 radical (unpaired) electrons. The van der Waals surface area contributed by atoms with Crippen LogP contribution in [0.2, 0.25) is 0 Å². The van der Waals surface area contributed by atoms with E-state index in [1.165, 1.54) is 24.1 Å². The van der Waals surface area contributed by atoms with Crippen molar-refractivity contribution in [3.8, 4) is 0 Å². The van der Waals surface area contributed by atoms with E-state index in [2.05, 4.69) is 57.0 Å². The van der Waals surface area contributed by atoms with Crippen molar-refractivity contribution in [1.82, 2.24) is 16.0 Å². The molecule has 0 saturated carbocycles. The van der Waals surface area contributed by atoms with Gasteiger partial charge in [-0.25, -0.2) is 0 Å². The molecule has 3 rings (SSSR count). The Kier molecular flexibility index (Phi) is 9.93. The highest BCUT2D eigenvalue weighted by molar-refractivity contribution is 14.0. The number of hydrogen-bond acceptors (Lipinski definition) is 3. The normalized spacial score (nSPS) is 14.6. The van der Waals surface area contributed by atoms with E-state index >= 15 is 0 Å². The summed E-state index contributed by atoms with van der Waals surface area (Å²) in [5.41, 5.74) is 3.55. The van der Waals surface area contributed by atoms with Crippen molar-refractivity contribution in [3.63, 3.8) is 0 Å². The molecule has 3 N–H and O–H groups in total. The summed E-state index contributed by atoms with van der Waals surface area (Å²) < 4.78 is 0. The van der Waals surface area contributed by atoms with Gasteiger partial charge >= 0.3 is 0 Å². The molecule has 30 heavy (non-hydrogen) atoms. The molecule has 0 aromatic heterocycles. The van der Waals surface area contributed by atoms with Crippen LogP contribution in [0.4, 0.5) is 5.69 Å². The SMILES string of the molecule is CN=C(NCC(=O)NCc1ccccc1)NC(C)c1cccc(N2CCCC2)c1.I. The number of guanidine groups is 1. The topological polar surface area (TPSA) is 68.8 Å². The quantitative estimate of drug-likeness (QED) is 0.297. The van der Waals surface area contributed by atoms with Crippen LogP contribution in [-0.2, 0) is 11.3 Å². The van der Waals surface area contributed by atoms with Gasteiger partial charge in [-0.1, -0.05) is 42.5 Å². The Hall–Kier alpha value is -2.29. The number of carbonyl (C=O) groups is 1. The number of aliphatic imine (C=N–C) groups is 1. The van der Waals surface area contributed by atoms with E-state index in [0.717, 1.165) is 18.7 Å². The van der Waals surface area contributed by atoms with Crippen molar-refractivity contribution < 1.29 is 4.79 Å². The van der Waals surface area contributed by atoms with Gasteiger partial charge in [0, 0.05) is 32.4 Å². The number of halogens is 1. The lowest BCUT2D eigenvalue weighted by atomic mass is 10.1. The highest BCUT2D eigenvalue weighted by atomic mass is 127. The Morgan fingerprint density at radius 1 is 1.07 bits per heavy atom. The Bertz CT molecular complexity index is 821. The van der Waals surface area contributed by atoms with Crippen molar-refractivity contribution in [2.24, 2.45) is 4.99 Å². The number of amides is 1. The third-order valence-corrected chi connectivity index (χ3v) is 5.17. The summed E-state index contributed by atoms with van der Waals surface area (Å²) in [4.78, 5) is 18.8. The summed E-state index contributed by atoms with van der Waals surface area (Å²) in [5.74, 6) is 0.541. The van der Waals surface area contributed by atoms with Crippen molar-refractivity contribution in [2.75, 3.05) is 31.6 Å². The predicted octanol–water partition coefficient (Wildman–Crippen LogP) is 3.45. The molecule has 1 aliphatic heterocycles. The summed E-state index contributed by atoms with van der Waals surface area (Å²) in [7, 11) is 1.71. The van der Waals surface area contributed by atoms with Gasteiger partial charge in [0.05, 0.1) is 12.6 Å². The standard InChI is InChI=1S/C23H31N5O.HI/c1-18(20-11-8-12-21(15-20)28-13-6-7-14-28)27-23(24-2)26-17-22(29)25-16-19-9-4-3-5-10-19;/h3-5,8-12,15,18H,6-7,13-14,16-17H2,1-2H3,(H,25,29)(H2,24,26,27);1H. The molecule has 1 heterocycles. The van der Waals surface area contributed by atoms with E-state index in [0.29, 0.717) is 12.5 Å². The smallest absolute Gasteiger partial charge is 0.239 e. The average molecular weight is 521 g/mol. The number of nitrogens with one attached hydrogen (secondary N) is 3. The first kappa shape index (κ1) is 24.0. The van der Waals surface area contributed by atoms with Gasteiger partial charge in [0.2, 0.25) is 5.91 Å². The van der Waals surface area contributed by atoms with E-state index in [-0.39, 0.29) is 42.5 Å². The maximum atomic E-state index is 12.1. The molecule has 1 amide bonds. The summed E-state index contributed by atoms with van der Waals surface area (Å²) in [5, 5.41) is 9.37. The predicted molar refractivity (Wildman–Crippen MR) is 135 cm³/mol. The number of nitrogens with zero attached hydrogens (tertiary/aromatic N) is 2. The molecule has 2 aromatic rings. The molecule has 1 unspecified atom stereocenters. The number of carbonyl (C=O) groups excluding carboxylic acids is 1. The van der Waals surface area contributed by atoms with Gasteiger partial charge in [0.1, 0.15) is 0 Å². The second-order valence-corrected chi connectivity index (χ2v) is 7.34. The molecule has 1 aliphatic rings. The lowest BCUT2D eigenvalue weighted by Crippen LogP contribution is -2.43. The van der Waals surface area contributed by atoms with E-state index in [1.54, 1.807) is 7.05 Å². The van der Waals surface area contributed by atoms with Crippen LogP contribution < -0.4 is 20.9 Å². The van der Waals surface area contributed by atoms with E-state index < -0.39 is 0 Å². The average Bonchev–Trinajstić information content (AvgIpc) is 3.31. The van der Waals surface area contributed by atoms with E-state index in [1.807, 2.05) is 30.3 Å². The van der Waals surface area contributed by atoms with Gasteiger partial charge in [-0.2, -0.15) is 0 Å². The zero-order chi connectivity index (χ0) is 20.5. The van der Waals surface area contributed by atoms with E-state index in [9.17, 15) is 4.79 Å². The third kappa shape index (κ3) is 7.19. The maximum Gasteiger partial charge on any atom is 0.239 e. The van der Waals surface area contributed by atoms with Crippen LogP contribution in [0.5, 0.6) is 0 Å². The largest absolute Gasteiger partial charge is 0.372 e. The molecule has 0 spiro atoms. The van der Waals surface area contributed by atoms with Crippen LogP contribution >= 0.6 is 24.0 Å². The number of rotatable bonds is 7.